The second kappa shape index (κ2) is 6.51. The average Bonchev–Trinajstić information content (AvgIpc) is 1.97. The third-order valence-electron chi connectivity index (χ3n) is 0.837. The zero-order chi connectivity index (χ0) is 7.82. The van der Waals surface area contributed by atoms with Crippen molar-refractivity contribution in [1.29, 1.82) is 0 Å². The summed E-state index contributed by atoms with van der Waals surface area (Å²) in [6, 6.07) is 0. The smallest absolute Gasteiger partial charge is 0.166 e. The van der Waals surface area contributed by atoms with Crippen molar-refractivity contribution in [1.82, 2.24) is 10.6 Å². The molecule has 0 aliphatic heterocycles. The molecule has 0 unspecified atom stereocenters. The van der Waals surface area contributed by atoms with E-state index in [-0.39, 0.29) is 0 Å². The van der Waals surface area contributed by atoms with Gasteiger partial charge < -0.3 is 16.4 Å². The van der Waals surface area contributed by atoms with E-state index in [0.29, 0.717) is 24.7 Å². The van der Waals surface area contributed by atoms with Gasteiger partial charge in [0.1, 0.15) is 0 Å². The number of nitrogens with two attached hydrogens (primary N) is 1. The van der Waals surface area contributed by atoms with Crippen molar-refractivity contribution in [2.75, 3.05) is 19.6 Å². The Balaban J connectivity index is 3.16. The van der Waals surface area contributed by atoms with Gasteiger partial charge in [-0.3, -0.25) is 0 Å². The van der Waals surface area contributed by atoms with Crippen LogP contribution >= 0.6 is 12.2 Å². The van der Waals surface area contributed by atoms with Gasteiger partial charge in [-0.1, -0.05) is 6.08 Å². The summed E-state index contributed by atoms with van der Waals surface area (Å²) in [5.74, 6) is 0. The Bertz CT molecular complexity index is 114. The van der Waals surface area contributed by atoms with Crippen molar-refractivity contribution < 1.29 is 0 Å². The molecular formula is C6H13N3S. The van der Waals surface area contributed by atoms with Crippen LogP contribution in [0.15, 0.2) is 12.7 Å². The van der Waals surface area contributed by atoms with Crippen molar-refractivity contribution in [2.45, 2.75) is 0 Å². The Morgan fingerprint density at radius 3 is 2.80 bits per heavy atom. The third-order valence-corrected chi connectivity index (χ3v) is 1.13. The molecule has 0 aromatic heterocycles. The van der Waals surface area contributed by atoms with Crippen LogP contribution in [0, 0.1) is 0 Å². The maximum atomic E-state index is 5.24. The Hall–Kier alpha value is -0.610. The molecule has 0 saturated carbocycles. The van der Waals surface area contributed by atoms with Gasteiger partial charge in [0.05, 0.1) is 0 Å². The molecule has 0 atom stereocenters. The number of nitrogens with one attached hydrogen (secondary N) is 2. The number of rotatable bonds is 4. The molecule has 3 nitrogen and oxygen atoms in total. The van der Waals surface area contributed by atoms with Gasteiger partial charge in [0, 0.05) is 19.6 Å². The van der Waals surface area contributed by atoms with Crippen molar-refractivity contribution >= 4 is 17.3 Å². The first-order chi connectivity index (χ1) is 4.81. The second-order valence-electron chi connectivity index (χ2n) is 1.71. The maximum absolute atomic E-state index is 5.24. The summed E-state index contributed by atoms with van der Waals surface area (Å²) in [4.78, 5) is 0. The lowest BCUT2D eigenvalue weighted by Gasteiger charge is -2.06. The molecule has 4 N–H and O–H groups in total. The minimum absolute atomic E-state index is 0.593. The van der Waals surface area contributed by atoms with Crippen LogP contribution in [0.2, 0.25) is 0 Å². The fraction of sp³-hybridized carbons (Fsp3) is 0.500. The molecule has 0 rings (SSSR count). The molecule has 0 spiro atoms. The Morgan fingerprint density at radius 1 is 1.60 bits per heavy atom. The van der Waals surface area contributed by atoms with Gasteiger partial charge in [0.2, 0.25) is 0 Å². The summed E-state index contributed by atoms with van der Waals surface area (Å²) in [5.41, 5.74) is 5.24. The van der Waals surface area contributed by atoms with E-state index in [1.165, 1.54) is 0 Å². The predicted octanol–water partition coefficient (Wildman–Crippen LogP) is -0.405. The van der Waals surface area contributed by atoms with Gasteiger partial charge in [-0.2, -0.15) is 0 Å². The normalized spacial score (nSPS) is 8.50. The topological polar surface area (TPSA) is 50.1 Å². The summed E-state index contributed by atoms with van der Waals surface area (Å²) >= 11 is 4.86. The van der Waals surface area contributed by atoms with Crippen molar-refractivity contribution in [3.8, 4) is 0 Å². The molecule has 0 heterocycles. The monoisotopic (exact) mass is 159 g/mol. The van der Waals surface area contributed by atoms with Crippen LogP contribution in [0.25, 0.3) is 0 Å². The first-order valence-electron chi connectivity index (χ1n) is 3.14. The van der Waals surface area contributed by atoms with Gasteiger partial charge in [0.15, 0.2) is 5.11 Å². The lowest BCUT2D eigenvalue weighted by atomic mass is 10.6. The highest BCUT2D eigenvalue weighted by Crippen LogP contribution is 1.65. The molecule has 0 aliphatic rings. The summed E-state index contributed by atoms with van der Waals surface area (Å²) in [7, 11) is 0. The van der Waals surface area contributed by atoms with E-state index in [1.54, 1.807) is 6.08 Å². The molecule has 0 amide bonds. The Morgan fingerprint density at radius 2 is 2.30 bits per heavy atom. The molecule has 4 heteroatoms. The average molecular weight is 159 g/mol. The predicted molar refractivity (Wildman–Crippen MR) is 47.9 cm³/mol. The van der Waals surface area contributed by atoms with E-state index in [9.17, 15) is 0 Å². The first-order valence-corrected chi connectivity index (χ1v) is 3.54. The molecule has 0 aliphatic carbocycles. The quantitative estimate of drug-likeness (QED) is 0.386. The van der Waals surface area contributed by atoms with Crippen LogP contribution in [0.1, 0.15) is 0 Å². The van der Waals surface area contributed by atoms with Gasteiger partial charge >= 0.3 is 0 Å². The minimum Gasteiger partial charge on any atom is -0.361 e. The van der Waals surface area contributed by atoms with Crippen LogP contribution in [0.5, 0.6) is 0 Å². The molecule has 58 valence electrons. The van der Waals surface area contributed by atoms with Crippen molar-refractivity contribution in [3.63, 3.8) is 0 Å². The molecule has 0 aromatic carbocycles. The highest BCUT2D eigenvalue weighted by atomic mass is 32.1. The molecule has 10 heavy (non-hydrogen) atoms. The zero-order valence-corrected chi connectivity index (χ0v) is 6.71. The number of hydrogen-bond donors (Lipinski definition) is 3. The van der Waals surface area contributed by atoms with Gasteiger partial charge in [-0.15, -0.1) is 6.58 Å². The Kier molecular flexibility index (Phi) is 6.11. The van der Waals surface area contributed by atoms with E-state index in [2.05, 4.69) is 17.2 Å². The fourth-order valence-corrected chi connectivity index (χ4v) is 0.598. The van der Waals surface area contributed by atoms with Gasteiger partial charge in [0.25, 0.3) is 0 Å². The van der Waals surface area contributed by atoms with E-state index < -0.39 is 0 Å². The van der Waals surface area contributed by atoms with Gasteiger partial charge in [-0.25, -0.2) is 0 Å². The molecule has 0 radical (unpaired) electrons. The maximum Gasteiger partial charge on any atom is 0.166 e. The van der Waals surface area contributed by atoms with Crippen LogP contribution in [-0.4, -0.2) is 24.7 Å². The van der Waals surface area contributed by atoms with Crippen molar-refractivity contribution in [2.24, 2.45) is 5.73 Å². The first kappa shape index (κ1) is 9.39. The SMILES string of the molecule is C=CCNC(=S)NCCN. The van der Waals surface area contributed by atoms with E-state index >= 15 is 0 Å². The van der Waals surface area contributed by atoms with Crippen molar-refractivity contribution in [3.05, 3.63) is 12.7 Å². The van der Waals surface area contributed by atoms with E-state index in [1.807, 2.05) is 0 Å². The highest BCUT2D eigenvalue weighted by Gasteiger charge is 1.88. The molecular weight excluding hydrogens is 146 g/mol. The summed E-state index contributed by atoms with van der Waals surface area (Å²) in [5, 5.41) is 6.46. The fourth-order valence-electron chi connectivity index (χ4n) is 0.413. The highest BCUT2D eigenvalue weighted by molar-refractivity contribution is 7.80. The second-order valence-corrected chi connectivity index (χ2v) is 2.12. The van der Waals surface area contributed by atoms with Crippen LogP contribution in [0.4, 0.5) is 0 Å². The lowest BCUT2D eigenvalue weighted by molar-refractivity contribution is 0.849. The van der Waals surface area contributed by atoms with Crippen LogP contribution in [-0.2, 0) is 0 Å². The number of hydrogen-bond acceptors (Lipinski definition) is 2. The number of thiocarbonyl (C=S) groups is 1. The summed E-state index contributed by atoms with van der Waals surface area (Å²) in [6.07, 6.45) is 1.75. The molecule has 0 aromatic rings. The molecule has 0 saturated heterocycles. The van der Waals surface area contributed by atoms with Crippen LogP contribution in [0.3, 0.4) is 0 Å². The van der Waals surface area contributed by atoms with Gasteiger partial charge in [-0.05, 0) is 12.2 Å². The lowest BCUT2D eigenvalue weighted by Crippen LogP contribution is -2.37. The Labute approximate surface area is 66.7 Å². The minimum atomic E-state index is 0.593. The molecule has 0 fully saturated rings. The summed E-state index contributed by atoms with van der Waals surface area (Å²) < 4.78 is 0. The molecule has 0 bridgehead atoms. The third kappa shape index (κ3) is 5.53. The van der Waals surface area contributed by atoms with Crippen LogP contribution < -0.4 is 16.4 Å². The summed E-state index contributed by atoms with van der Waals surface area (Å²) in [6.45, 7) is 5.53. The zero-order valence-electron chi connectivity index (χ0n) is 5.89. The van der Waals surface area contributed by atoms with E-state index in [0.717, 1.165) is 0 Å². The largest absolute Gasteiger partial charge is 0.361 e. The standard InChI is InChI=1S/C6H13N3S/c1-2-4-8-6(10)9-5-3-7/h2H,1,3-5,7H2,(H2,8,9,10). The van der Waals surface area contributed by atoms with E-state index in [4.69, 9.17) is 18.0 Å².